The van der Waals surface area contributed by atoms with Gasteiger partial charge < -0.3 is 15.2 Å². The molecule has 0 aliphatic carbocycles. The third kappa shape index (κ3) is 5.58. The van der Waals surface area contributed by atoms with E-state index >= 15 is 0 Å². The van der Waals surface area contributed by atoms with Gasteiger partial charge in [-0.1, -0.05) is 27.7 Å². The highest BCUT2D eigenvalue weighted by atomic mass is 16.5. The Kier molecular flexibility index (Phi) is 7.15. The van der Waals surface area contributed by atoms with Crippen molar-refractivity contribution in [3.63, 3.8) is 0 Å². The molecule has 0 saturated heterocycles. The minimum Gasteiger partial charge on any atom is -0.392 e. The highest BCUT2D eigenvalue weighted by Crippen LogP contribution is 2.04. The summed E-state index contributed by atoms with van der Waals surface area (Å²) in [6, 6.07) is 0.327. The molecule has 14 heavy (non-hydrogen) atoms. The maximum absolute atomic E-state index is 9.62. The van der Waals surface area contributed by atoms with Crippen molar-refractivity contribution in [1.82, 2.24) is 5.32 Å². The summed E-state index contributed by atoms with van der Waals surface area (Å²) in [6.45, 7) is 9.68. The first-order valence-corrected chi connectivity index (χ1v) is 5.39. The van der Waals surface area contributed by atoms with Crippen LogP contribution in [-0.2, 0) is 4.74 Å². The van der Waals surface area contributed by atoms with Crippen LogP contribution in [0.5, 0.6) is 0 Å². The molecule has 0 heterocycles. The van der Waals surface area contributed by atoms with Gasteiger partial charge in [-0.05, 0) is 11.8 Å². The molecule has 2 unspecified atom stereocenters. The Morgan fingerprint density at radius 1 is 1.14 bits per heavy atom. The van der Waals surface area contributed by atoms with Gasteiger partial charge in [-0.3, -0.25) is 0 Å². The van der Waals surface area contributed by atoms with Crippen molar-refractivity contribution in [2.45, 2.75) is 39.8 Å². The van der Waals surface area contributed by atoms with Gasteiger partial charge >= 0.3 is 0 Å². The molecule has 0 aromatic carbocycles. The second kappa shape index (κ2) is 7.21. The second-order valence-electron chi connectivity index (χ2n) is 4.53. The van der Waals surface area contributed by atoms with Crippen molar-refractivity contribution < 1.29 is 9.84 Å². The summed E-state index contributed by atoms with van der Waals surface area (Å²) in [4.78, 5) is 0. The van der Waals surface area contributed by atoms with E-state index in [1.165, 1.54) is 0 Å². The molecule has 2 atom stereocenters. The number of aliphatic hydroxyl groups is 1. The standard InChI is InChI=1S/C11H25NO2/c1-8(2)10(7-14-5)12-6-11(13)9(3)4/h8-13H,6-7H2,1-5H3. The van der Waals surface area contributed by atoms with Crippen LogP contribution in [0.3, 0.4) is 0 Å². The van der Waals surface area contributed by atoms with E-state index in [1.54, 1.807) is 7.11 Å². The van der Waals surface area contributed by atoms with Gasteiger partial charge in [0.15, 0.2) is 0 Å². The predicted octanol–water partition coefficient (Wildman–Crippen LogP) is 1.26. The van der Waals surface area contributed by atoms with Gasteiger partial charge in [-0.2, -0.15) is 0 Å². The lowest BCUT2D eigenvalue weighted by Crippen LogP contribution is -2.42. The van der Waals surface area contributed by atoms with Gasteiger partial charge in [0.05, 0.1) is 12.7 Å². The zero-order chi connectivity index (χ0) is 11.1. The summed E-state index contributed by atoms with van der Waals surface area (Å²) >= 11 is 0. The van der Waals surface area contributed by atoms with Crippen LogP contribution >= 0.6 is 0 Å². The molecule has 3 heteroatoms. The third-order valence-corrected chi connectivity index (χ3v) is 2.51. The summed E-state index contributed by atoms with van der Waals surface area (Å²) in [6.07, 6.45) is -0.270. The van der Waals surface area contributed by atoms with Crippen LogP contribution < -0.4 is 5.32 Å². The summed E-state index contributed by atoms with van der Waals surface area (Å²) in [7, 11) is 1.70. The Labute approximate surface area is 87.8 Å². The van der Waals surface area contributed by atoms with Crippen LogP contribution in [0.25, 0.3) is 0 Å². The van der Waals surface area contributed by atoms with Gasteiger partial charge in [0.2, 0.25) is 0 Å². The van der Waals surface area contributed by atoms with E-state index in [0.29, 0.717) is 31.0 Å². The average molecular weight is 203 g/mol. The Morgan fingerprint density at radius 3 is 2.07 bits per heavy atom. The van der Waals surface area contributed by atoms with Crippen molar-refractivity contribution in [2.24, 2.45) is 11.8 Å². The first kappa shape index (κ1) is 13.9. The van der Waals surface area contributed by atoms with E-state index in [2.05, 4.69) is 19.2 Å². The lowest BCUT2D eigenvalue weighted by Gasteiger charge is -2.24. The number of nitrogens with one attached hydrogen (secondary N) is 1. The number of hydrogen-bond donors (Lipinski definition) is 2. The molecule has 0 aliphatic rings. The van der Waals surface area contributed by atoms with E-state index in [9.17, 15) is 5.11 Å². The lowest BCUT2D eigenvalue weighted by atomic mass is 10.0. The fourth-order valence-electron chi connectivity index (χ4n) is 1.17. The first-order valence-electron chi connectivity index (χ1n) is 5.39. The van der Waals surface area contributed by atoms with Crippen LogP contribution in [-0.4, -0.2) is 37.5 Å². The third-order valence-electron chi connectivity index (χ3n) is 2.51. The molecule has 0 radical (unpaired) electrons. The topological polar surface area (TPSA) is 41.5 Å². The highest BCUT2D eigenvalue weighted by Gasteiger charge is 2.15. The molecule has 2 N–H and O–H groups in total. The quantitative estimate of drug-likeness (QED) is 0.654. The number of rotatable bonds is 7. The van der Waals surface area contributed by atoms with Crippen molar-refractivity contribution in [3.8, 4) is 0 Å². The first-order chi connectivity index (χ1) is 6.49. The van der Waals surface area contributed by atoms with Gasteiger partial charge in [0.1, 0.15) is 0 Å². The summed E-state index contributed by atoms with van der Waals surface area (Å²) in [5, 5.41) is 12.9. The average Bonchev–Trinajstić information content (AvgIpc) is 2.10. The molecule has 0 amide bonds. The second-order valence-corrected chi connectivity index (χ2v) is 4.53. The predicted molar refractivity (Wildman–Crippen MR) is 59.3 cm³/mol. The molecule has 0 aromatic heterocycles. The van der Waals surface area contributed by atoms with E-state index < -0.39 is 0 Å². The fraction of sp³-hybridized carbons (Fsp3) is 1.00. The van der Waals surface area contributed by atoms with Crippen LogP contribution in [0.15, 0.2) is 0 Å². The van der Waals surface area contributed by atoms with E-state index in [-0.39, 0.29) is 6.10 Å². The molecule has 0 aliphatic heterocycles. The summed E-state index contributed by atoms with van der Waals surface area (Å²) in [5.74, 6) is 0.826. The van der Waals surface area contributed by atoms with E-state index in [0.717, 1.165) is 0 Å². The zero-order valence-corrected chi connectivity index (χ0v) is 10.1. The maximum atomic E-state index is 9.62. The van der Waals surface area contributed by atoms with Crippen LogP contribution in [0, 0.1) is 11.8 Å². The van der Waals surface area contributed by atoms with Crippen LogP contribution in [0.1, 0.15) is 27.7 Å². The minimum absolute atomic E-state index is 0.270. The van der Waals surface area contributed by atoms with Gasteiger partial charge in [0, 0.05) is 19.7 Å². The summed E-state index contributed by atoms with van der Waals surface area (Å²) in [5.41, 5.74) is 0. The van der Waals surface area contributed by atoms with Crippen molar-refractivity contribution in [3.05, 3.63) is 0 Å². The molecular formula is C11H25NO2. The largest absolute Gasteiger partial charge is 0.392 e. The number of aliphatic hydroxyl groups excluding tert-OH is 1. The number of hydrogen-bond acceptors (Lipinski definition) is 3. The van der Waals surface area contributed by atoms with Crippen molar-refractivity contribution in [1.29, 1.82) is 0 Å². The summed E-state index contributed by atoms with van der Waals surface area (Å²) < 4.78 is 5.11. The molecule has 0 rings (SSSR count). The number of methoxy groups -OCH3 is 1. The van der Waals surface area contributed by atoms with Gasteiger partial charge in [0.25, 0.3) is 0 Å². The Hall–Kier alpha value is -0.120. The Bertz CT molecular complexity index is 137. The smallest absolute Gasteiger partial charge is 0.0687 e. The van der Waals surface area contributed by atoms with Gasteiger partial charge in [-0.15, -0.1) is 0 Å². The fourth-order valence-corrected chi connectivity index (χ4v) is 1.17. The number of ether oxygens (including phenoxy) is 1. The Balaban J connectivity index is 3.81. The molecule has 0 spiro atoms. The normalized spacial score (nSPS) is 16.3. The van der Waals surface area contributed by atoms with Crippen LogP contribution in [0.4, 0.5) is 0 Å². The van der Waals surface area contributed by atoms with Gasteiger partial charge in [-0.25, -0.2) is 0 Å². The SMILES string of the molecule is COCC(NCC(O)C(C)C)C(C)C. The van der Waals surface area contributed by atoms with Crippen molar-refractivity contribution in [2.75, 3.05) is 20.3 Å². The minimum atomic E-state index is -0.270. The van der Waals surface area contributed by atoms with E-state index in [1.807, 2.05) is 13.8 Å². The molecule has 3 nitrogen and oxygen atoms in total. The lowest BCUT2D eigenvalue weighted by molar-refractivity contribution is 0.0998. The molecule has 86 valence electrons. The van der Waals surface area contributed by atoms with E-state index in [4.69, 9.17) is 4.74 Å². The van der Waals surface area contributed by atoms with Crippen LogP contribution in [0.2, 0.25) is 0 Å². The molecule has 0 fully saturated rings. The van der Waals surface area contributed by atoms with Crippen molar-refractivity contribution >= 4 is 0 Å². The molecule has 0 bridgehead atoms. The maximum Gasteiger partial charge on any atom is 0.0687 e. The zero-order valence-electron chi connectivity index (χ0n) is 10.1. The Morgan fingerprint density at radius 2 is 1.71 bits per heavy atom. The monoisotopic (exact) mass is 203 g/mol. The molecule has 0 aromatic rings. The molecule has 0 saturated carbocycles. The highest BCUT2D eigenvalue weighted by molar-refractivity contribution is 4.73. The molecular weight excluding hydrogens is 178 g/mol.